The first-order valence-corrected chi connectivity index (χ1v) is 10.0. The second-order valence-corrected chi connectivity index (χ2v) is 8.65. The number of carbonyl (C=O) groups is 1. The zero-order chi connectivity index (χ0) is 19.7. The molecule has 0 spiro atoms. The maximum absolute atomic E-state index is 13.0. The Kier molecular flexibility index (Phi) is 5.52. The third kappa shape index (κ3) is 3.84. The number of thioether (sulfide) groups is 1. The van der Waals surface area contributed by atoms with Crippen molar-refractivity contribution in [3.8, 4) is 0 Å². The molecule has 27 heavy (non-hydrogen) atoms. The third-order valence-corrected chi connectivity index (χ3v) is 6.29. The highest BCUT2D eigenvalue weighted by Crippen LogP contribution is 2.30. The Labute approximate surface area is 164 Å². The summed E-state index contributed by atoms with van der Waals surface area (Å²) < 4.78 is 6.51. The van der Waals surface area contributed by atoms with Gasteiger partial charge in [0.2, 0.25) is 5.91 Å². The fraction of sp³-hybridized carbons (Fsp3) is 0.333. The summed E-state index contributed by atoms with van der Waals surface area (Å²) >= 11 is 2.72. The summed E-state index contributed by atoms with van der Waals surface area (Å²) in [4.78, 5) is 31.8. The lowest BCUT2D eigenvalue weighted by Crippen LogP contribution is -2.26. The van der Waals surface area contributed by atoms with E-state index in [1.54, 1.807) is 30.6 Å². The molecule has 3 rings (SSSR count). The molecule has 0 aliphatic heterocycles. The standard InChI is InChI=1S/C18H20N4O3S2/c1-6-7-22-17(24)14-10(3)11(4)26-16(14)20-18(22)27-12(5)15(23)19-13-8-9(2)25-21-13/h6,8,12H,1,7H2,2-5H3,(H,19,21,23)/t12-/m0/s1. The average Bonchev–Trinajstić information content (AvgIpc) is 3.14. The van der Waals surface area contributed by atoms with E-state index in [1.807, 2.05) is 13.8 Å². The van der Waals surface area contributed by atoms with Crippen LogP contribution in [0.4, 0.5) is 5.82 Å². The van der Waals surface area contributed by atoms with Gasteiger partial charge in [-0.25, -0.2) is 4.98 Å². The second kappa shape index (κ2) is 7.69. The van der Waals surface area contributed by atoms with Gasteiger partial charge in [-0.1, -0.05) is 23.0 Å². The first-order chi connectivity index (χ1) is 12.8. The van der Waals surface area contributed by atoms with E-state index in [-0.39, 0.29) is 11.5 Å². The highest BCUT2D eigenvalue weighted by Gasteiger charge is 2.21. The second-order valence-electron chi connectivity index (χ2n) is 6.13. The van der Waals surface area contributed by atoms with Crippen molar-refractivity contribution in [1.29, 1.82) is 0 Å². The van der Waals surface area contributed by atoms with Gasteiger partial charge in [-0.2, -0.15) is 0 Å². The lowest BCUT2D eigenvalue weighted by molar-refractivity contribution is -0.115. The number of aromatic nitrogens is 3. The van der Waals surface area contributed by atoms with Crippen LogP contribution in [0.3, 0.4) is 0 Å². The number of thiophene rings is 1. The minimum absolute atomic E-state index is 0.107. The molecule has 3 aromatic rings. The zero-order valence-electron chi connectivity index (χ0n) is 15.5. The predicted octanol–water partition coefficient (Wildman–Crippen LogP) is 3.68. The minimum atomic E-state index is -0.482. The van der Waals surface area contributed by atoms with E-state index < -0.39 is 5.25 Å². The fourth-order valence-electron chi connectivity index (χ4n) is 2.55. The molecular formula is C18H20N4O3S2. The van der Waals surface area contributed by atoms with Crippen LogP contribution in [0.25, 0.3) is 10.2 Å². The van der Waals surface area contributed by atoms with Crippen LogP contribution in [0.15, 0.2) is 33.2 Å². The summed E-state index contributed by atoms with van der Waals surface area (Å²) in [6.07, 6.45) is 1.65. The van der Waals surface area contributed by atoms with Crippen molar-refractivity contribution in [2.24, 2.45) is 0 Å². The van der Waals surface area contributed by atoms with Crippen LogP contribution in [0, 0.1) is 20.8 Å². The minimum Gasteiger partial charge on any atom is -0.360 e. The van der Waals surface area contributed by atoms with E-state index in [2.05, 4.69) is 22.0 Å². The first kappa shape index (κ1) is 19.4. The molecule has 3 heterocycles. The predicted molar refractivity (Wildman–Crippen MR) is 109 cm³/mol. The number of allylic oxidation sites excluding steroid dienone is 1. The molecule has 0 radical (unpaired) electrons. The number of nitrogens with one attached hydrogen (secondary N) is 1. The van der Waals surface area contributed by atoms with Crippen molar-refractivity contribution in [1.82, 2.24) is 14.7 Å². The average molecular weight is 405 g/mol. The largest absolute Gasteiger partial charge is 0.360 e. The van der Waals surface area contributed by atoms with Crippen molar-refractivity contribution in [3.63, 3.8) is 0 Å². The van der Waals surface area contributed by atoms with Crippen molar-refractivity contribution in [3.05, 3.63) is 45.3 Å². The highest BCUT2D eigenvalue weighted by atomic mass is 32.2. The summed E-state index contributed by atoms with van der Waals surface area (Å²) in [5.41, 5.74) is 0.845. The van der Waals surface area contributed by atoms with Crippen LogP contribution in [0.5, 0.6) is 0 Å². The van der Waals surface area contributed by atoms with E-state index in [1.165, 1.54) is 23.1 Å². The molecule has 0 aliphatic rings. The van der Waals surface area contributed by atoms with Gasteiger partial charge in [-0.15, -0.1) is 17.9 Å². The fourth-order valence-corrected chi connectivity index (χ4v) is 4.54. The van der Waals surface area contributed by atoms with Crippen LogP contribution in [0.1, 0.15) is 23.1 Å². The van der Waals surface area contributed by atoms with Gasteiger partial charge in [0.05, 0.1) is 10.6 Å². The number of fused-ring (bicyclic) bond motifs is 1. The van der Waals surface area contributed by atoms with Crippen LogP contribution in [-0.2, 0) is 11.3 Å². The number of anilines is 1. The molecule has 0 saturated carbocycles. The lowest BCUT2D eigenvalue weighted by Gasteiger charge is -2.14. The molecule has 0 aliphatic carbocycles. The maximum atomic E-state index is 13.0. The molecule has 0 saturated heterocycles. The Morgan fingerprint density at radius 2 is 2.22 bits per heavy atom. The van der Waals surface area contributed by atoms with E-state index >= 15 is 0 Å². The number of hydrogen-bond acceptors (Lipinski definition) is 7. The zero-order valence-corrected chi connectivity index (χ0v) is 17.2. The van der Waals surface area contributed by atoms with Crippen molar-refractivity contribution < 1.29 is 9.32 Å². The van der Waals surface area contributed by atoms with E-state index in [0.717, 1.165) is 10.4 Å². The number of amides is 1. The SMILES string of the molecule is C=CCn1c(S[C@@H](C)C(=O)Nc2cc(C)on2)nc2sc(C)c(C)c2c1=O. The first-order valence-electron chi connectivity index (χ1n) is 8.34. The summed E-state index contributed by atoms with van der Waals surface area (Å²) in [5, 5.41) is 7.11. The molecule has 0 unspecified atom stereocenters. The topological polar surface area (TPSA) is 90.0 Å². The molecule has 9 heteroatoms. The number of nitrogens with zero attached hydrogens (tertiary/aromatic N) is 3. The number of hydrogen-bond donors (Lipinski definition) is 1. The van der Waals surface area contributed by atoms with E-state index in [0.29, 0.717) is 33.5 Å². The van der Waals surface area contributed by atoms with Gasteiger partial charge in [0.15, 0.2) is 11.0 Å². The molecule has 0 aromatic carbocycles. The summed E-state index contributed by atoms with van der Waals surface area (Å²) in [6.45, 7) is 11.5. The summed E-state index contributed by atoms with van der Waals surface area (Å²) in [7, 11) is 0. The van der Waals surface area contributed by atoms with Crippen molar-refractivity contribution in [2.75, 3.05) is 5.32 Å². The monoisotopic (exact) mass is 404 g/mol. The summed E-state index contributed by atoms with van der Waals surface area (Å²) in [6, 6.07) is 1.64. The maximum Gasteiger partial charge on any atom is 0.263 e. The van der Waals surface area contributed by atoms with Crippen LogP contribution in [-0.4, -0.2) is 25.9 Å². The van der Waals surface area contributed by atoms with Crippen LogP contribution in [0.2, 0.25) is 0 Å². The Bertz CT molecular complexity index is 1080. The Morgan fingerprint density at radius 3 is 2.85 bits per heavy atom. The van der Waals surface area contributed by atoms with Crippen molar-refractivity contribution >= 4 is 45.0 Å². The molecule has 1 N–H and O–H groups in total. The number of aryl methyl sites for hydroxylation is 3. The molecule has 1 amide bonds. The van der Waals surface area contributed by atoms with Gasteiger partial charge >= 0.3 is 0 Å². The smallest absolute Gasteiger partial charge is 0.263 e. The van der Waals surface area contributed by atoms with Gasteiger partial charge < -0.3 is 9.84 Å². The highest BCUT2D eigenvalue weighted by molar-refractivity contribution is 8.00. The van der Waals surface area contributed by atoms with Crippen LogP contribution >= 0.6 is 23.1 Å². The molecule has 0 fully saturated rings. The Morgan fingerprint density at radius 1 is 1.48 bits per heavy atom. The Balaban J connectivity index is 1.92. The molecule has 142 valence electrons. The van der Waals surface area contributed by atoms with Gasteiger partial charge in [0, 0.05) is 17.5 Å². The van der Waals surface area contributed by atoms with Crippen LogP contribution < -0.4 is 10.9 Å². The normalized spacial score (nSPS) is 12.3. The van der Waals surface area contributed by atoms with Gasteiger partial charge in [0.1, 0.15) is 10.6 Å². The summed E-state index contributed by atoms with van der Waals surface area (Å²) in [5.74, 6) is 0.730. The molecule has 3 aromatic heterocycles. The van der Waals surface area contributed by atoms with E-state index in [9.17, 15) is 9.59 Å². The van der Waals surface area contributed by atoms with Gasteiger partial charge in [-0.05, 0) is 33.3 Å². The van der Waals surface area contributed by atoms with Gasteiger partial charge in [-0.3, -0.25) is 14.2 Å². The lowest BCUT2D eigenvalue weighted by atomic mass is 10.2. The van der Waals surface area contributed by atoms with Crippen molar-refractivity contribution in [2.45, 2.75) is 44.6 Å². The molecular weight excluding hydrogens is 384 g/mol. The number of carbonyl (C=O) groups excluding carboxylic acids is 1. The molecule has 7 nitrogen and oxygen atoms in total. The molecule has 1 atom stereocenters. The van der Waals surface area contributed by atoms with E-state index in [4.69, 9.17) is 4.52 Å². The third-order valence-electron chi connectivity index (χ3n) is 4.10. The van der Waals surface area contributed by atoms with Gasteiger partial charge in [0.25, 0.3) is 5.56 Å². The quantitative estimate of drug-likeness (QED) is 0.383. The molecule has 0 bridgehead atoms. The Hall–Kier alpha value is -2.39. The number of rotatable bonds is 6.